The Kier molecular flexibility index (Phi) is 7.79. The van der Waals surface area contributed by atoms with Crippen molar-refractivity contribution in [3.05, 3.63) is 62.7 Å². The summed E-state index contributed by atoms with van der Waals surface area (Å²) in [5, 5.41) is 11.6. The van der Waals surface area contributed by atoms with Gasteiger partial charge in [-0.05, 0) is 24.3 Å². The fourth-order valence-electron chi connectivity index (χ4n) is 2.38. The van der Waals surface area contributed by atoms with Crippen molar-refractivity contribution in [2.75, 3.05) is 27.4 Å². The molecule has 9 nitrogen and oxygen atoms in total. The van der Waals surface area contributed by atoms with Crippen molar-refractivity contribution in [3.63, 3.8) is 0 Å². The maximum atomic E-state index is 11.4. The average Bonchev–Trinajstić information content (AvgIpc) is 2.71. The van der Waals surface area contributed by atoms with Crippen LogP contribution in [0.2, 0.25) is 5.02 Å². The summed E-state index contributed by atoms with van der Waals surface area (Å²) in [7, 11) is 2.46. The first-order chi connectivity index (χ1) is 13.8. The molecule has 0 radical (unpaired) electrons. The van der Waals surface area contributed by atoms with Gasteiger partial charge >= 0.3 is 11.9 Å². The standard InChI is InChI=1S/C19H18ClNO8/c1-26-18(22)10-28-16-5-3-14(20)8-12(16)7-13-9-15(21(24)25)4-6-17(13)29-11-19(23)27-2/h3-6,8-9H,7,10-11H2,1-2H3. The number of halogens is 1. The number of nitro benzene ring substituents is 1. The zero-order valence-corrected chi connectivity index (χ0v) is 16.4. The quantitative estimate of drug-likeness (QED) is 0.343. The highest BCUT2D eigenvalue weighted by Crippen LogP contribution is 2.31. The van der Waals surface area contributed by atoms with E-state index in [2.05, 4.69) is 9.47 Å². The second-order valence-electron chi connectivity index (χ2n) is 5.71. The predicted octanol–water partition coefficient (Wildman–Crippen LogP) is 2.94. The Morgan fingerprint density at radius 1 is 0.931 bits per heavy atom. The summed E-state index contributed by atoms with van der Waals surface area (Å²) in [6.07, 6.45) is 0.134. The summed E-state index contributed by atoms with van der Waals surface area (Å²) in [5.41, 5.74) is 0.836. The minimum Gasteiger partial charge on any atom is -0.482 e. The number of ether oxygens (including phenoxy) is 4. The van der Waals surface area contributed by atoms with E-state index in [1.807, 2.05) is 0 Å². The molecule has 2 rings (SSSR count). The Balaban J connectivity index is 2.36. The largest absolute Gasteiger partial charge is 0.482 e. The minimum atomic E-state index is -0.598. The van der Waals surface area contributed by atoms with Gasteiger partial charge in [0.1, 0.15) is 11.5 Å². The molecule has 0 fully saturated rings. The summed E-state index contributed by atoms with van der Waals surface area (Å²) in [6, 6.07) is 8.76. The number of benzene rings is 2. The van der Waals surface area contributed by atoms with Crippen LogP contribution in [0.1, 0.15) is 11.1 Å². The Morgan fingerprint density at radius 2 is 1.45 bits per heavy atom. The first-order valence-corrected chi connectivity index (χ1v) is 8.66. The van der Waals surface area contributed by atoms with Crippen LogP contribution < -0.4 is 9.47 Å². The number of carbonyl (C=O) groups is 2. The molecule has 0 heterocycles. The van der Waals surface area contributed by atoms with Crippen molar-refractivity contribution < 1.29 is 33.5 Å². The van der Waals surface area contributed by atoms with Gasteiger partial charge in [-0.2, -0.15) is 0 Å². The second kappa shape index (κ2) is 10.3. The lowest BCUT2D eigenvalue weighted by Crippen LogP contribution is -2.14. The van der Waals surface area contributed by atoms with Crippen LogP contribution in [0.25, 0.3) is 0 Å². The highest BCUT2D eigenvalue weighted by Gasteiger charge is 2.16. The SMILES string of the molecule is COC(=O)COc1ccc(Cl)cc1Cc1cc([N+](=O)[O-])ccc1OCC(=O)OC. The molecule has 0 aliphatic rings. The summed E-state index contributed by atoms with van der Waals surface area (Å²) >= 11 is 6.07. The van der Waals surface area contributed by atoms with Gasteiger partial charge in [-0.1, -0.05) is 11.6 Å². The van der Waals surface area contributed by atoms with E-state index in [1.54, 1.807) is 18.2 Å². The van der Waals surface area contributed by atoms with Gasteiger partial charge in [0.2, 0.25) is 0 Å². The van der Waals surface area contributed by atoms with Crippen molar-refractivity contribution in [1.29, 1.82) is 0 Å². The normalized spacial score (nSPS) is 10.2. The van der Waals surface area contributed by atoms with E-state index < -0.39 is 16.9 Å². The van der Waals surface area contributed by atoms with E-state index in [9.17, 15) is 19.7 Å². The lowest BCUT2D eigenvalue weighted by Gasteiger charge is -2.14. The summed E-state index contributed by atoms with van der Waals surface area (Å²) in [4.78, 5) is 33.3. The van der Waals surface area contributed by atoms with Gasteiger partial charge < -0.3 is 18.9 Å². The fourth-order valence-corrected chi connectivity index (χ4v) is 2.58. The molecule has 0 atom stereocenters. The third kappa shape index (κ3) is 6.35. The Hall–Kier alpha value is -3.33. The number of rotatable bonds is 9. The molecule has 0 amide bonds. The molecule has 0 spiro atoms. The van der Waals surface area contributed by atoms with Crippen molar-refractivity contribution in [1.82, 2.24) is 0 Å². The Bertz CT molecular complexity index is 915. The smallest absolute Gasteiger partial charge is 0.343 e. The van der Waals surface area contributed by atoms with Gasteiger partial charge in [-0.15, -0.1) is 0 Å². The molecular weight excluding hydrogens is 406 g/mol. The third-order valence-corrected chi connectivity index (χ3v) is 4.04. The van der Waals surface area contributed by atoms with Gasteiger partial charge in [-0.3, -0.25) is 10.1 Å². The lowest BCUT2D eigenvalue weighted by atomic mass is 10.0. The molecule has 0 bridgehead atoms. The summed E-state index contributed by atoms with van der Waals surface area (Å²) in [6.45, 7) is -0.672. The van der Waals surface area contributed by atoms with Crippen LogP contribution >= 0.6 is 11.6 Å². The molecule has 2 aromatic carbocycles. The van der Waals surface area contributed by atoms with E-state index >= 15 is 0 Å². The van der Waals surface area contributed by atoms with E-state index in [1.165, 1.54) is 32.4 Å². The Labute approximate surface area is 171 Å². The van der Waals surface area contributed by atoms with Crippen LogP contribution in [0.4, 0.5) is 5.69 Å². The zero-order valence-electron chi connectivity index (χ0n) is 15.7. The summed E-state index contributed by atoms with van der Waals surface area (Å²) < 4.78 is 20.0. The number of hydrogen-bond donors (Lipinski definition) is 0. The number of hydrogen-bond acceptors (Lipinski definition) is 8. The van der Waals surface area contributed by atoms with Crippen LogP contribution in [-0.4, -0.2) is 44.3 Å². The molecule has 0 N–H and O–H groups in total. The predicted molar refractivity (Wildman–Crippen MR) is 102 cm³/mol. The van der Waals surface area contributed by atoms with Gasteiger partial charge in [0.15, 0.2) is 13.2 Å². The average molecular weight is 424 g/mol. The van der Waals surface area contributed by atoms with E-state index in [0.29, 0.717) is 21.9 Å². The molecule has 0 aromatic heterocycles. The summed E-state index contributed by atoms with van der Waals surface area (Å²) in [5.74, 6) is -0.548. The van der Waals surface area contributed by atoms with Crippen LogP contribution in [0.5, 0.6) is 11.5 Å². The lowest BCUT2D eigenvalue weighted by molar-refractivity contribution is -0.384. The van der Waals surface area contributed by atoms with Crippen LogP contribution in [0, 0.1) is 10.1 Å². The molecule has 10 heteroatoms. The van der Waals surface area contributed by atoms with E-state index in [-0.39, 0.29) is 31.1 Å². The first kappa shape index (κ1) is 22.0. The monoisotopic (exact) mass is 423 g/mol. The topological polar surface area (TPSA) is 114 Å². The molecule has 0 aliphatic carbocycles. The molecular formula is C19H18ClNO8. The van der Waals surface area contributed by atoms with Gasteiger partial charge in [0, 0.05) is 34.7 Å². The number of methoxy groups -OCH3 is 2. The van der Waals surface area contributed by atoms with Crippen LogP contribution in [0.15, 0.2) is 36.4 Å². The second-order valence-corrected chi connectivity index (χ2v) is 6.14. The van der Waals surface area contributed by atoms with Crippen LogP contribution in [-0.2, 0) is 25.5 Å². The molecule has 154 valence electrons. The molecule has 2 aromatic rings. The molecule has 0 saturated heterocycles. The van der Waals surface area contributed by atoms with E-state index in [0.717, 1.165) is 0 Å². The minimum absolute atomic E-state index is 0.134. The van der Waals surface area contributed by atoms with Crippen molar-refractivity contribution in [2.24, 2.45) is 0 Å². The molecule has 0 aliphatic heterocycles. The number of esters is 2. The zero-order chi connectivity index (χ0) is 21.4. The highest BCUT2D eigenvalue weighted by molar-refractivity contribution is 6.30. The number of carbonyl (C=O) groups excluding carboxylic acids is 2. The van der Waals surface area contributed by atoms with Gasteiger partial charge in [0.05, 0.1) is 19.1 Å². The highest BCUT2D eigenvalue weighted by atomic mass is 35.5. The number of nitrogens with zero attached hydrogens (tertiary/aromatic N) is 1. The van der Waals surface area contributed by atoms with Crippen LogP contribution in [0.3, 0.4) is 0 Å². The molecule has 29 heavy (non-hydrogen) atoms. The number of nitro groups is 1. The number of non-ortho nitro benzene ring substituents is 1. The fraction of sp³-hybridized carbons (Fsp3) is 0.263. The maximum Gasteiger partial charge on any atom is 0.343 e. The van der Waals surface area contributed by atoms with Crippen molar-refractivity contribution in [3.8, 4) is 11.5 Å². The van der Waals surface area contributed by atoms with E-state index in [4.69, 9.17) is 21.1 Å². The third-order valence-electron chi connectivity index (χ3n) is 3.80. The first-order valence-electron chi connectivity index (χ1n) is 8.29. The van der Waals surface area contributed by atoms with Crippen molar-refractivity contribution >= 4 is 29.2 Å². The maximum absolute atomic E-state index is 11.4. The van der Waals surface area contributed by atoms with Gasteiger partial charge in [-0.25, -0.2) is 9.59 Å². The van der Waals surface area contributed by atoms with Gasteiger partial charge in [0.25, 0.3) is 5.69 Å². The molecule has 0 unspecified atom stereocenters. The Morgan fingerprint density at radius 3 is 1.97 bits per heavy atom. The van der Waals surface area contributed by atoms with Crippen molar-refractivity contribution in [2.45, 2.75) is 6.42 Å². The molecule has 0 saturated carbocycles.